The van der Waals surface area contributed by atoms with Crippen LogP contribution in [0.3, 0.4) is 0 Å². The Balaban J connectivity index is -0.0000000720. The van der Waals surface area contributed by atoms with Gasteiger partial charge in [-0.25, -0.2) is 0 Å². The third kappa shape index (κ3) is 188. The molecule has 0 radical (unpaired) electrons. The van der Waals surface area contributed by atoms with Crippen molar-refractivity contribution in [1.82, 2.24) is 0 Å². The van der Waals surface area contributed by atoms with E-state index in [9.17, 15) is 0 Å². The predicted octanol–water partition coefficient (Wildman–Crippen LogP) is 0.996. The van der Waals surface area contributed by atoms with E-state index in [1.54, 1.807) is 12.1 Å². The van der Waals surface area contributed by atoms with Gasteiger partial charge >= 0.3 is 16.5 Å². The van der Waals surface area contributed by atoms with Crippen LogP contribution in [0, 0.1) is 35.8 Å². The standard InChI is InChI=1S/2C3H2N.Ni/c2*1-2-3-4;/h2*1-2H;/q2*-1;+2. The monoisotopic (exact) mass is 162 g/mol. The summed E-state index contributed by atoms with van der Waals surface area (Å²) in [6.45, 7) is 9.08. The summed E-state index contributed by atoms with van der Waals surface area (Å²) in [6.07, 6.45) is 1.86. The molecule has 0 amide bonds. The summed E-state index contributed by atoms with van der Waals surface area (Å²) in [4.78, 5) is 0. The van der Waals surface area contributed by atoms with Crippen molar-refractivity contribution in [1.29, 1.82) is 10.5 Å². The Labute approximate surface area is 65.0 Å². The summed E-state index contributed by atoms with van der Waals surface area (Å²) in [5.74, 6) is 0. The van der Waals surface area contributed by atoms with Crippen LogP contribution in [0.1, 0.15) is 0 Å². The molecule has 0 fully saturated rings. The van der Waals surface area contributed by atoms with E-state index in [-0.39, 0.29) is 16.5 Å². The number of hydrogen-bond acceptors (Lipinski definition) is 2. The molecular weight excluding hydrogens is 159 g/mol. The first kappa shape index (κ1) is 15.7. The van der Waals surface area contributed by atoms with Crippen molar-refractivity contribution in [3.8, 4) is 12.1 Å². The minimum Gasteiger partial charge on any atom is -0.329 e. The smallest absolute Gasteiger partial charge is 0.329 e. The van der Waals surface area contributed by atoms with Gasteiger partial charge in [-0.2, -0.15) is 12.2 Å². The van der Waals surface area contributed by atoms with Crippen LogP contribution in [0.5, 0.6) is 0 Å². The van der Waals surface area contributed by atoms with Gasteiger partial charge in [0.25, 0.3) is 0 Å². The normalized spacial score (nSPS) is 3.33. The zero-order valence-corrected chi connectivity index (χ0v) is 5.51. The predicted molar refractivity (Wildman–Crippen MR) is 29.0 cm³/mol. The molecule has 0 aliphatic rings. The average molecular weight is 163 g/mol. The minimum atomic E-state index is 0. The summed E-state index contributed by atoms with van der Waals surface area (Å²) >= 11 is 0. The fourth-order valence-corrected chi connectivity index (χ4v) is 0. The van der Waals surface area contributed by atoms with Gasteiger partial charge in [0.1, 0.15) is 0 Å². The van der Waals surface area contributed by atoms with Crippen molar-refractivity contribution in [2.45, 2.75) is 0 Å². The van der Waals surface area contributed by atoms with Crippen molar-refractivity contribution in [3.05, 3.63) is 25.3 Å². The second-order valence-corrected chi connectivity index (χ2v) is 0.592. The zero-order valence-electron chi connectivity index (χ0n) is 4.52. The number of hydrogen-bond donors (Lipinski definition) is 0. The van der Waals surface area contributed by atoms with E-state index in [1.165, 1.54) is 0 Å². The van der Waals surface area contributed by atoms with Crippen LogP contribution in [-0.2, 0) is 16.5 Å². The van der Waals surface area contributed by atoms with Gasteiger partial charge in [0.05, 0.1) is 0 Å². The molecule has 0 heterocycles. The molecule has 48 valence electrons. The fourth-order valence-electron chi connectivity index (χ4n) is 0. The molecule has 0 bridgehead atoms. The van der Waals surface area contributed by atoms with Gasteiger partial charge in [-0.05, 0) is 0 Å². The number of rotatable bonds is 0. The van der Waals surface area contributed by atoms with Gasteiger partial charge in [0.15, 0.2) is 0 Å². The van der Waals surface area contributed by atoms with Crippen LogP contribution in [-0.4, -0.2) is 0 Å². The van der Waals surface area contributed by atoms with Crippen molar-refractivity contribution in [2.75, 3.05) is 0 Å². The molecule has 3 heteroatoms. The van der Waals surface area contributed by atoms with E-state index >= 15 is 0 Å². The van der Waals surface area contributed by atoms with Gasteiger partial charge in [-0.1, -0.05) is 0 Å². The molecule has 0 spiro atoms. The van der Waals surface area contributed by atoms with Crippen LogP contribution in [0.2, 0.25) is 0 Å². The maximum absolute atomic E-state index is 7.44. The first-order valence-electron chi connectivity index (χ1n) is 1.69. The Kier molecular flexibility index (Phi) is 49.2. The summed E-state index contributed by atoms with van der Waals surface area (Å²) in [6, 6.07) is 3.17. The van der Waals surface area contributed by atoms with E-state index in [2.05, 4.69) is 13.2 Å². The zero-order chi connectivity index (χ0) is 6.83. The molecule has 0 aromatic carbocycles. The Morgan fingerprint density at radius 2 is 1.11 bits per heavy atom. The van der Waals surface area contributed by atoms with E-state index in [0.717, 1.165) is 12.2 Å². The molecule has 0 unspecified atom stereocenters. The number of nitrogens with zero attached hydrogens (tertiary/aromatic N) is 2. The Bertz CT molecular complexity index is 120. The molecule has 0 aliphatic heterocycles. The average Bonchev–Trinajstić information content (AvgIpc) is 1.88. The second kappa shape index (κ2) is 28.3. The number of nitriles is 2. The van der Waals surface area contributed by atoms with Gasteiger partial charge < -0.3 is 10.5 Å². The third-order valence-corrected chi connectivity index (χ3v) is 0.149. The van der Waals surface area contributed by atoms with Gasteiger partial charge in [0, 0.05) is 0 Å². The molecule has 9 heavy (non-hydrogen) atoms. The van der Waals surface area contributed by atoms with Gasteiger partial charge in [0.2, 0.25) is 0 Å². The molecule has 0 aromatic heterocycles. The van der Waals surface area contributed by atoms with E-state index in [0.29, 0.717) is 0 Å². The first-order chi connectivity index (χ1) is 3.83. The first-order valence-corrected chi connectivity index (χ1v) is 1.69. The van der Waals surface area contributed by atoms with E-state index in [4.69, 9.17) is 10.5 Å². The van der Waals surface area contributed by atoms with E-state index < -0.39 is 0 Å². The van der Waals surface area contributed by atoms with Crippen molar-refractivity contribution in [3.63, 3.8) is 0 Å². The third-order valence-electron chi connectivity index (χ3n) is 0.149. The molecule has 2 nitrogen and oxygen atoms in total. The molecule has 0 aliphatic carbocycles. The van der Waals surface area contributed by atoms with Crippen LogP contribution >= 0.6 is 0 Å². The Hall–Kier alpha value is -1.05. The van der Waals surface area contributed by atoms with Crippen molar-refractivity contribution < 1.29 is 16.5 Å². The van der Waals surface area contributed by atoms with Crippen LogP contribution in [0.4, 0.5) is 0 Å². The molecule has 0 saturated carbocycles. The Morgan fingerprint density at radius 3 is 1.11 bits per heavy atom. The van der Waals surface area contributed by atoms with Crippen molar-refractivity contribution >= 4 is 0 Å². The van der Waals surface area contributed by atoms with Crippen LogP contribution in [0.15, 0.2) is 12.2 Å². The molecule has 0 atom stereocenters. The van der Waals surface area contributed by atoms with Crippen LogP contribution < -0.4 is 0 Å². The molecular formula is C6H4N2Ni. The Morgan fingerprint density at radius 1 is 1.00 bits per heavy atom. The molecule has 0 aromatic rings. The number of allylic oxidation sites excluding steroid dienone is 2. The SMILES string of the molecule is [CH-]=CC#N.[CH-]=CC#N.[Ni+2]. The van der Waals surface area contributed by atoms with Crippen molar-refractivity contribution in [2.24, 2.45) is 0 Å². The quantitative estimate of drug-likeness (QED) is 0.303. The van der Waals surface area contributed by atoms with Gasteiger partial charge in [-0.15, -0.1) is 12.1 Å². The second-order valence-electron chi connectivity index (χ2n) is 0.592. The maximum atomic E-state index is 7.44. The van der Waals surface area contributed by atoms with Gasteiger partial charge in [-0.3, -0.25) is 13.2 Å². The summed E-state index contributed by atoms with van der Waals surface area (Å²) in [7, 11) is 0. The summed E-state index contributed by atoms with van der Waals surface area (Å²) < 4.78 is 0. The van der Waals surface area contributed by atoms with E-state index in [1.807, 2.05) is 0 Å². The molecule has 0 rings (SSSR count). The summed E-state index contributed by atoms with van der Waals surface area (Å²) in [5.41, 5.74) is 0. The molecule has 0 N–H and O–H groups in total. The largest absolute Gasteiger partial charge is 2.00 e. The topological polar surface area (TPSA) is 47.6 Å². The maximum Gasteiger partial charge on any atom is 2.00 e. The molecule has 0 saturated heterocycles. The van der Waals surface area contributed by atoms with Crippen LogP contribution in [0.25, 0.3) is 0 Å². The fraction of sp³-hybridized carbons (Fsp3) is 0. The minimum absolute atomic E-state index is 0. The summed E-state index contributed by atoms with van der Waals surface area (Å²) in [5, 5.41) is 14.9.